The minimum absolute atomic E-state index is 0.638. The molecule has 0 N–H and O–H groups in total. The third kappa shape index (κ3) is 10.6. The molecule has 0 nitrogen and oxygen atoms in total. The topological polar surface area (TPSA) is 0 Å². The van der Waals surface area contributed by atoms with Gasteiger partial charge in [0.15, 0.2) is 0 Å². The molecule has 0 saturated heterocycles. The second-order valence-electron chi connectivity index (χ2n) is 5.03. The van der Waals surface area contributed by atoms with Crippen molar-refractivity contribution in [2.24, 2.45) is 5.92 Å². The van der Waals surface area contributed by atoms with Crippen LogP contribution in [0.25, 0.3) is 0 Å². The number of thioether (sulfide) groups is 1. The molecule has 92 valence electrons. The Morgan fingerprint density at radius 2 is 1.80 bits per heavy atom. The summed E-state index contributed by atoms with van der Waals surface area (Å²) in [6.45, 7) is 7.81. The van der Waals surface area contributed by atoms with Crippen LogP contribution in [0.4, 0.5) is 4.39 Å². The average Bonchev–Trinajstić information content (AvgIpc) is 2.12. The molecule has 15 heavy (non-hydrogen) atoms. The van der Waals surface area contributed by atoms with Gasteiger partial charge < -0.3 is 0 Å². The van der Waals surface area contributed by atoms with Gasteiger partial charge in [-0.2, -0.15) is 11.8 Å². The van der Waals surface area contributed by atoms with Gasteiger partial charge in [0.2, 0.25) is 0 Å². The van der Waals surface area contributed by atoms with E-state index in [9.17, 15) is 4.39 Å². The molecule has 1 atom stereocenters. The summed E-state index contributed by atoms with van der Waals surface area (Å²) in [5.74, 6) is 2.59. The highest BCUT2D eigenvalue weighted by molar-refractivity contribution is 7.99. The Morgan fingerprint density at radius 1 is 1.13 bits per heavy atom. The van der Waals surface area contributed by atoms with E-state index in [1.165, 1.54) is 32.1 Å². The Balaban J connectivity index is 3.65. The van der Waals surface area contributed by atoms with Gasteiger partial charge in [-0.1, -0.05) is 33.1 Å². The van der Waals surface area contributed by atoms with E-state index < -0.39 is 5.67 Å². The van der Waals surface area contributed by atoms with E-state index in [-0.39, 0.29) is 0 Å². The van der Waals surface area contributed by atoms with Gasteiger partial charge in [0.05, 0.1) is 0 Å². The van der Waals surface area contributed by atoms with Crippen LogP contribution in [-0.4, -0.2) is 17.2 Å². The summed E-state index contributed by atoms with van der Waals surface area (Å²) in [4.78, 5) is 0. The van der Waals surface area contributed by atoms with E-state index in [0.717, 1.165) is 11.7 Å². The second-order valence-corrected chi connectivity index (χ2v) is 6.06. The molecule has 0 rings (SSSR count). The van der Waals surface area contributed by atoms with Crippen molar-refractivity contribution in [2.45, 2.75) is 65.5 Å². The van der Waals surface area contributed by atoms with Crippen molar-refractivity contribution in [2.75, 3.05) is 11.5 Å². The van der Waals surface area contributed by atoms with Crippen LogP contribution in [0.3, 0.4) is 0 Å². The third-order valence-corrected chi connectivity index (χ3v) is 4.06. The molecule has 0 aromatic rings. The largest absolute Gasteiger partial charge is 0.244 e. The molecular weight excluding hydrogens is 207 g/mol. The molecule has 1 unspecified atom stereocenters. The first-order valence-corrected chi connectivity index (χ1v) is 7.41. The average molecular weight is 234 g/mol. The normalized spacial score (nSPS) is 14.2. The van der Waals surface area contributed by atoms with Gasteiger partial charge in [0.25, 0.3) is 0 Å². The SMILES string of the molecule is CCCCC(CCC)CSCC(C)(C)F. The third-order valence-electron chi connectivity index (χ3n) is 2.46. The highest BCUT2D eigenvalue weighted by atomic mass is 32.2. The summed E-state index contributed by atoms with van der Waals surface area (Å²) < 4.78 is 13.3. The number of rotatable bonds is 9. The fourth-order valence-corrected chi connectivity index (χ4v) is 2.95. The van der Waals surface area contributed by atoms with Crippen molar-refractivity contribution in [1.29, 1.82) is 0 Å². The highest BCUT2D eigenvalue weighted by Gasteiger charge is 2.16. The lowest BCUT2D eigenvalue weighted by molar-refractivity contribution is 0.252. The maximum atomic E-state index is 13.3. The first-order chi connectivity index (χ1) is 6.99. The number of alkyl halides is 1. The predicted molar refractivity (Wildman–Crippen MR) is 70.4 cm³/mol. The van der Waals surface area contributed by atoms with Crippen LogP contribution in [-0.2, 0) is 0 Å². The smallest absolute Gasteiger partial charge is 0.114 e. The van der Waals surface area contributed by atoms with Crippen molar-refractivity contribution in [3.63, 3.8) is 0 Å². The van der Waals surface area contributed by atoms with E-state index in [2.05, 4.69) is 13.8 Å². The van der Waals surface area contributed by atoms with Gasteiger partial charge in [0.1, 0.15) is 5.67 Å². The monoisotopic (exact) mass is 234 g/mol. The maximum absolute atomic E-state index is 13.3. The molecule has 0 bridgehead atoms. The quantitative estimate of drug-likeness (QED) is 0.536. The van der Waals surface area contributed by atoms with Crippen LogP contribution in [0.2, 0.25) is 0 Å². The van der Waals surface area contributed by atoms with E-state index >= 15 is 0 Å². The molecule has 2 heteroatoms. The molecular formula is C13H27FS. The maximum Gasteiger partial charge on any atom is 0.114 e. The van der Waals surface area contributed by atoms with Crippen LogP contribution in [0.1, 0.15) is 59.8 Å². The molecule has 0 aromatic heterocycles. The van der Waals surface area contributed by atoms with E-state index in [1.807, 2.05) is 0 Å². The summed E-state index contributed by atoms with van der Waals surface area (Å²) in [6, 6.07) is 0. The zero-order valence-corrected chi connectivity index (χ0v) is 11.6. The van der Waals surface area contributed by atoms with Crippen LogP contribution in [0.5, 0.6) is 0 Å². The van der Waals surface area contributed by atoms with Gasteiger partial charge in [-0.15, -0.1) is 0 Å². The van der Waals surface area contributed by atoms with Crippen LogP contribution in [0.15, 0.2) is 0 Å². The predicted octanol–water partition coefficient (Wildman–Crippen LogP) is 5.07. The summed E-state index contributed by atoms with van der Waals surface area (Å²) in [5, 5.41) is 0. The molecule has 0 amide bonds. The summed E-state index contributed by atoms with van der Waals surface area (Å²) in [5.41, 5.74) is -1.01. The lowest BCUT2D eigenvalue weighted by Gasteiger charge is -2.18. The highest BCUT2D eigenvalue weighted by Crippen LogP contribution is 2.23. The van der Waals surface area contributed by atoms with Crippen molar-refractivity contribution >= 4 is 11.8 Å². The molecule has 0 aromatic carbocycles. The second kappa shape index (κ2) is 8.43. The summed E-state index contributed by atoms with van der Waals surface area (Å²) >= 11 is 1.78. The van der Waals surface area contributed by atoms with Gasteiger partial charge in [0, 0.05) is 5.75 Å². The van der Waals surface area contributed by atoms with Gasteiger partial charge >= 0.3 is 0 Å². The molecule has 0 aliphatic carbocycles. The number of unbranched alkanes of at least 4 members (excludes halogenated alkanes) is 1. The molecule has 0 spiro atoms. The van der Waals surface area contributed by atoms with E-state index in [0.29, 0.717) is 5.75 Å². The van der Waals surface area contributed by atoms with Crippen LogP contribution >= 0.6 is 11.8 Å². The van der Waals surface area contributed by atoms with E-state index in [4.69, 9.17) is 0 Å². The number of hydrogen-bond acceptors (Lipinski definition) is 1. The van der Waals surface area contributed by atoms with Crippen molar-refractivity contribution in [3.05, 3.63) is 0 Å². The molecule has 0 aliphatic rings. The summed E-state index contributed by atoms with van der Waals surface area (Å²) in [7, 11) is 0. The Bertz CT molecular complexity index is 140. The van der Waals surface area contributed by atoms with E-state index in [1.54, 1.807) is 25.6 Å². The number of halogens is 1. The fraction of sp³-hybridized carbons (Fsp3) is 1.00. The first kappa shape index (κ1) is 15.3. The zero-order chi connectivity index (χ0) is 11.7. The van der Waals surface area contributed by atoms with Gasteiger partial charge in [-0.05, 0) is 38.4 Å². The van der Waals surface area contributed by atoms with Crippen molar-refractivity contribution in [3.8, 4) is 0 Å². The standard InChI is InChI=1S/C13H27FS/c1-5-7-9-12(8-6-2)10-15-11-13(3,4)14/h12H,5-11H2,1-4H3. The van der Waals surface area contributed by atoms with Crippen LogP contribution in [0, 0.1) is 5.92 Å². The zero-order valence-electron chi connectivity index (χ0n) is 10.8. The Kier molecular flexibility index (Phi) is 8.59. The minimum atomic E-state index is -1.01. The molecule has 0 saturated carbocycles. The Hall–Kier alpha value is 0.280. The molecule has 0 fully saturated rings. The lowest BCUT2D eigenvalue weighted by Crippen LogP contribution is -2.17. The van der Waals surface area contributed by atoms with Crippen molar-refractivity contribution in [1.82, 2.24) is 0 Å². The summed E-state index contributed by atoms with van der Waals surface area (Å²) in [6.07, 6.45) is 6.49. The van der Waals surface area contributed by atoms with Crippen LogP contribution < -0.4 is 0 Å². The first-order valence-electron chi connectivity index (χ1n) is 6.26. The lowest BCUT2D eigenvalue weighted by atomic mass is 9.99. The van der Waals surface area contributed by atoms with Gasteiger partial charge in [-0.25, -0.2) is 4.39 Å². The molecule has 0 radical (unpaired) electrons. The number of hydrogen-bond donors (Lipinski definition) is 0. The Labute approximate surface area is 99.4 Å². The van der Waals surface area contributed by atoms with Gasteiger partial charge in [-0.3, -0.25) is 0 Å². The fourth-order valence-electron chi connectivity index (χ4n) is 1.68. The Morgan fingerprint density at radius 3 is 2.27 bits per heavy atom. The molecule has 0 aliphatic heterocycles. The van der Waals surface area contributed by atoms with Crippen molar-refractivity contribution < 1.29 is 4.39 Å². The minimum Gasteiger partial charge on any atom is -0.244 e. The molecule has 0 heterocycles.